The molecule has 82 valence electrons. The second-order valence-electron chi connectivity index (χ2n) is 4.60. The zero-order chi connectivity index (χ0) is 10.7. The third-order valence-corrected chi connectivity index (χ3v) is 2.89. The van der Waals surface area contributed by atoms with Gasteiger partial charge in [0.1, 0.15) is 0 Å². The highest BCUT2D eigenvalue weighted by molar-refractivity contribution is 5.52. The van der Waals surface area contributed by atoms with Crippen LogP contribution in [0.5, 0.6) is 0 Å². The Kier molecular flexibility index (Phi) is 3.27. The zero-order valence-electron chi connectivity index (χ0n) is 9.59. The van der Waals surface area contributed by atoms with Crippen LogP contribution in [-0.4, -0.2) is 18.6 Å². The number of anilines is 1. The maximum absolute atomic E-state index is 3.59. The second-order valence-corrected chi connectivity index (χ2v) is 4.60. The van der Waals surface area contributed by atoms with Gasteiger partial charge in [0.05, 0.1) is 0 Å². The first-order valence-corrected chi connectivity index (χ1v) is 5.83. The van der Waals surface area contributed by atoms with Crippen LogP contribution in [0.4, 0.5) is 5.69 Å². The van der Waals surface area contributed by atoms with Crippen molar-refractivity contribution in [1.82, 2.24) is 5.32 Å². The molecule has 0 aliphatic carbocycles. The maximum Gasteiger partial charge on any atom is 0.0373 e. The lowest BCUT2D eigenvalue weighted by atomic mass is 10.1. The van der Waals surface area contributed by atoms with Crippen LogP contribution >= 0.6 is 0 Å². The Hall–Kier alpha value is -1.02. The Bertz CT molecular complexity index is 293. The highest BCUT2D eigenvalue weighted by Gasteiger charge is 2.15. The minimum absolute atomic E-state index is 0.568. The van der Waals surface area contributed by atoms with Gasteiger partial charge >= 0.3 is 0 Å². The van der Waals surface area contributed by atoms with Gasteiger partial charge in [0.25, 0.3) is 0 Å². The number of benzene rings is 1. The van der Waals surface area contributed by atoms with Gasteiger partial charge < -0.3 is 10.6 Å². The molecule has 0 aromatic heterocycles. The number of nitrogens with one attached hydrogen (secondary N) is 2. The number of hydrogen-bond donors (Lipinski definition) is 2. The van der Waals surface area contributed by atoms with Crippen molar-refractivity contribution in [2.45, 2.75) is 38.8 Å². The lowest BCUT2D eigenvalue weighted by molar-refractivity contribution is 0.457. The Balaban J connectivity index is 2.02. The number of para-hydroxylation sites is 1. The molecule has 1 aliphatic heterocycles. The van der Waals surface area contributed by atoms with E-state index in [9.17, 15) is 0 Å². The fourth-order valence-corrected chi connectivity index (χ4v) is 2.19. The minimum Gasteiger partial charge on any atom is -0.383 e. The van der Waals surface area contributed by atoms with Crippen LogP contribution in [0.1, 0.15) is 25.8 Å². The van der Waals surface area contributed by atoms with E-state index in [1.54, 1.807) is 0 Å². The average Bonchev–Trinajstić information content (AvgIpc) is 2.41. The molecule has 1 atom stereocenters. The van der Waals surface area contributed by atoms with Crippen molar-refractivity contribution < 1.29 is 0 Å². The number of aryl methyl sites for hydroxylation is 1. The van der Waals surface area contributed by atoms with E-state index in [0.29, 0.717) is 12.1 Å². The van der Waals surface area contributed by atoms with Gasteiger partial charge in [-0.05, 0) is 24.5 Å². The molecule has 2 heteroatoms. The first kappa shape index (κ1) is 10.5. The van der Waals surface area contributed by atoms with Gasteiger partial charge in [-0.25, -0.2) is 0 Å². The first-order valence-electron chi connectivity index (χ1n) is 5.83. The van der Waals surface area contributed by atoms with Crippen LogP contribution in [0.2, 0.25) is 0 Å². The van der Waals surface area contributed by atoms with Crippen molar-refractivity contribution in [3.63, 3.8) is 0 Å². The van der Waals surface area contributed by atoms with Crippen molar-refractivity contribution >= 4 is 5.69 Å². The Morgan fingerprint density at radius 3 is 2.93 bits per heavy atom. The van der Waals surface area contributed by atoms with Gasteiger partial charge in [0.15, 0.2) is 0 Å². The Morgan fingerprint density at radius 2 is 2.13 bits per heavy atom. The summed E-state index contributed by atoms with van der Waals surface area (Å²) in [5.74, 6) is 0. The fourth-order valence-electron chi connectivity index (χ4n) is 2.19. The second kappa shape index (κ2) is 4.67. The van der Waals surface area contributed by atoms with Gasteiger partial charge in [-0.3, -0.25) is 0 Å². The standard InChI is InChI=1S/C13H20N2/c1-10(2)15-12-8-7-11-5-3-4-6-13(11)14-9-12/h3-6,10,12,14-15H,7-9H2,1-2H3. The summed E-state index contributed by atoms with van der Waals surface area (Å²) in [6, 6.07) is 9.78. The van der Waals surface area contributed by atoms with E-state index in [2.05, 4.69) is 48.7 Å². The molecule has 0 spiro atoms. The molecule has 1 aromatic carbocycles. The first-order chi connectivity index (χ1) is 7.25. The molecular formula is C13H20N2. The van der Waals surface area contributed by atoms with E-state index < -0.39 is 0 Å². The molecule has 0 saturated heterocycles. The highest BCUT2D eigenvalue weighted by Crippen LogP contribution is 2.20. The summed E-state index contributed by atoms with van der Waals surface area (Å²) in [7, 11) is 0. The molecule has 0 amide bonds. The summed E-state index contributed by atoms with van der Waals surface area (Å²) in [6.07, 6.45) is 2.40. The monoisotopic (exact) mass is 204 g/mol. The number of hydrogen-bond acceptors (Lipinski definition) is 2. The van der Waals surface area contributed by atoms with E-state index in [1.165, 1.54) is 24.1 Å². The van der Waals surface area contributed by atoms with Crippen LogP contribution in [0, 0.1) is 0 Å². The minimum atomic E-state index is 0.568. The summed E-state index contributed by atoms with van der Waals surface area (Å²) in [6.45, 7) is 5.45. The van der Waals surface area contributed by atoms with Gasteiger partial charge in [-0.1, -0.05) is 32.0 Å². The van der Waals surface area contributed by atoms with E-state index in [-0.39, 0.29) is 0 Å². The predicted molar refractivity (Wildman–Crippen MR) is 65.3 cm³/mol. The topological polar surface area (TPSA) is 24.1 Å². The molecule has 0 fully saturated rings. The van der Waals surface area contributed by atoms with Gasteiger partial charge in [0, 0.05) is 24.3 Å². The Labute approximate surface area is 92.1 Å². The summed E-state index contributed by atoms with van der Waals surface area (Å²) in [4.78, 5) is 0. The van der Waals surface area contributed by atoms with E-state index in [0.717, 1.165) is 6.54 Å². The predicted octanol–water partition coefficient (Wildman–Crippen LogP) is 2.41. The molecule has 0 saturated carbocycles. The molecule has 0 radical (unpaired) electrons. The van der Waals surface area contributed by atoms with Crippen molar-refractivity contribution in [1.29, 1.82) is 0 Å². The molecular weight excluding hydrogens is 184 g/mol. The maximum atomic E-state index is 3.59. The smallest absolute Gasteiger partial charge is 0.0373 e. The normalized spacial score (nSPS) is 20.6. The molecule has 2 rings (SSSR count). The Morgan fingerprint density at radius 1 is 1.33 bits per heavy atom. The summed E-state index contributed by atoms with van der Waals surface area (Å²) >= 11 is 0. The summed E-state index contributed by atoms with van der Waals surface area (Å²) in [5.41, 5.74) is 2.76. The summed E-state index contributed by atoms with van der Waals surface area (Å²) < 4.78 is 0. The van der Waals surface area contributed by atoms with E-state index >= 15 is 0 Å². The molecule has 1 aliphatic rings. The molecule has 2 nitrogen and oxygen atoms in total. The SMILES string of the molecule is CC(C)NC1CCc2ccccc2NC1. The van der Waals surface area contributed by atoms with Crippen molar-refractivity contribution in [3.05, 3.63) is 29.8 Å². The quantitative estimate of drug-likeness (QED) is 0.773. The lowest BCUT2D eigenvalue weighted by Crippen LogP contribution is -2.39. The molecule has 2 N–H and O–H groups in total. The molecule has 1 aromatic rings. The van der Waals surface area contributed by atoms with Crippen LogP contribution in [0.15, 0.2) is 24.3 Å². The van der Waals surface area contributed by atoms with Gasteiger partial charge in [0.2, 0.25) is 0 Å². The fraction of sp³-hybridized carbons (Fsp3) is 0.538. The highest BCUT2D eigenvalue weighted by atomic mass is 15.0. The van der Waals surface area contributed by atoms with Crippen molar-refractivity contribution in [3.8, 4) is 0 Å². The molecule has 15 heavy (non-hydrogen) atoms. The summed E-state index contributed by atoms with van der Waals surface area (Å²) in [5, 5.41) is 7.11. The average molecular weight is 204 g/mol. The van der Waals surface area contributed by atoms with Gasteiger partial charge in [-0.2, -0.15) is 0 Å². The number of rotatable bonds is 2. The van der Waals surface area contributed by atoms with Crippen molar-refractivity contribution in [2.24, 2.45) is 0 Å². The lowest BCUT2D eigenvalue weighted by Gasteiger charge is -2.19. The molecule has 0 bridgehead atoms. The third-order valence-electron chi connectivity index (χ3n) is 2.89. The van der Waals surface area contributed by atoms with Crippen LogP contribution < -0.4 is 10.6 Å². The van der Waals surface area contributed by atoms with Crippen LogP contribution in [0.3, 0.4) is 0 Å². The van der Waals surface area contributed by atoms with Crippen molar-refractivity contribution in [2.75, 3.05) is 11.9 Å². The third kappa shape index (κ3) is 2.72. The molecule has 1 heterocycles. The zero-order valence-corrected chi connectivity index (χ0v) is 9.59. The van der Waals surface area contributed by atoms with Crippen LogP contribution in [-0.2, 0) is 6.42 Å². The van der Waals surface area contributed by atoms with Crippen LogP contribution in [0.25, 0.3) is 0 Å². The molecule has 1 unspecified atom stereocenters. The van der Waals surface area contributed by atoms with Gasteiger partial charge in [-0.15, -0.1) is 0 Å². The largest absolute Gasteiger partial charge is 0.383 e. The van der Waals surface area contributed by atoms with E-state index in [4.69, 9.17) is 0 Å². The van der Waals surface area contributed by atoms with E-state index in [1.807, 2.05) is 0 Å². The number of fused-ring (bicyclic) bond motifs is 1.